The second kappa shape index (κ2) is 11.6. The molecule has 1 aliphatic rings. The van der Waals surface area contributed by atoms with Gasteiger partial charge in [0.25, 0.3) is 5.91 Å². The van der Waals surface area contributed by atoms with Gasteiger partial charge in [-0.3, -0.25) is 14.4 Å². The third kappa shape index (κ3) is 6.91. The maximum absolute atomic E-state index is 12.6. The Morgan fingerprint density at radius 1 is 0.917 bits per heavy atom. The molecule has 0 radical (unpaired) electrons. The summed E-state index contributed by atoms with van der Waals surface area (Å²) >= 11 is 17.8. The van der Waals surface area contributed by atoms with Crippen molar-refractivity contribution in [2.75, 3.05) is 23.4 Å². The summed E-state index contributed by atoms with van der Waals surface area (Å²) in [4.78, 5) is 38.9. The number of halogens is 3. The van der Waals surface area contributed by atoms with Gasteiger partial charge in [0.1, 0.15) is 5.75 Å². The van der Waals surface area contributed by atoms with E-state index in [1.807, 2.05) is 12.1 Å². The third-order valence-corrected chi connectivity index (χ3v) is 6.23. The molecule has 0 unspecified atom stereocenters. The van der Waals surface area contributed by atoms with E-state index in [0.29, 0.717) is 38.7 Å². The van der Waals surface area contributed by atoms with Crippen LogP contribution in [0.15, 0.2) is 66.7 Å². The summed E-state index contributed by atoms with van der Waals surface area (Å²) in [6.45, 7) is 0.433. The summed E-state index contributed by atoms with van der Waals surface area (Å²) in [6, 6.07) is 18.7. The van der Waals surface area contributed by atoms with Crippen molar-refractivity contribution in [3.63, 3.8) is 0 Å². The summed E-state index contributed by atoms with van der Waals surface area (Å²) in [5.41, 5.74) is 2.05. The van der Waals surface area contributed by atoms with Crippen LogP contribution in [0.25, 0.3) is 0 Å². The molecule has 0 aliphatic carbocycles. The minimum atomic E-state index is -0.440. The first-order valence-electron chi connectivity index (χ1n) is 11.1. The lowest BCUT2D eigenvalue weighted by Gasteiger charge is -2.17. The SMILES string of the molecule is O=C(COc1ccc(N2C[C@@H](C(=O)NCc3ccc(Cl)cc3)CC2=O)cc1)Nc1cc(Cl)cc(Cl)c1. The van der Waals surface area contributed by atoms with Crippen molar-refractivity contribution in [2.24, 2.45) is 5.92 Å². The van der Waals surface area contributed by atoms with E-state index in [1.165, 1.54) is 0 Å². The molecule has 36 heavy (non-hydrogen) atoms. The summed E-state index contributed by atoms with van der Waals surface area (Å²) in [6.07, 6.45) is 0.137. The van der Waals surface area contributed by atoms with Crippen LogP contribution in [0, 0.1) is 5.92 Å². The van der Waals surface area contributed by atoms with Gasteiger partial charge in [-0.2, -0.15) is 0 Å². The fraction of sp³-hybridized carbons (Fsp3) is 0.192. The van der Waals surface area contributed by atoms with Crippen molar-refractivity contribution >= 4 is 63.9 Å². The second-order valence-corrected chi connectivity index (χ2v) is 9.55. The first kappa shape index (κ1) is 25.8. The maximum Gasteiger partial charge on any atom is 0.262 e. The molecule has 1 aliphatic heterocycles. The summed E-state index contributed by atoms with van der Waals surface area (Å²) < 4.78 is 5.53. The molecule has 2 N–H and O–H groups in total. The first-order valence-corrected chi connectivity index (χ1v) is 12.2. The second-order valence-electron chi connectivity index (χ2n) is 8.24. The first-order chi connectivity index (χ1) is 17.3. The van der Waals surface area contributed by atoms with Crippen LogP contribution in [0.5, 0.6) is 5.75 Å². The Kier molecular flexibility index (Phi) is 8.36. The Morgan fingerprint density at radius 3 is 2.25 bits per heavy atom. The Hall–Kier alpha value is -3.26. The molecule has 4 rings (SSSR count). The molecule has 0 bridgehead atoms. The van der Waals surface area contributed by atoms with Crippen molar-refractivity contribution in [3.8, 4) is 5.75 Å². The number of nitrogens with one attached hydrogen (secondary N) is 2. The van der Waals surface area contributed by atoms with Gasteiger partial charge in [0.15, 0.2) is 6.61 Å². The highest BCUT2D eigenvalue weighted by Gasteiger charge is 2.35. The van der Waals surface area contributed by atoms with Crippen LogP contribution >= 0.6 is 34.8 Å². The lowest BCUT2D eigenvalue weighted by atomic mass is 10.1. The van der Waals surface area contributed by atoms with Crippen molar-refractivity contribution in [3.05, 3.63) is 87.4 Å². The topological polar surface area (TPSA) is 87.7 Å². The highest BCUT2D eigenvalue weighted by atomic mass is 35.5. The van der Waals surface area contributed by atoms with E-state index in [4.69, 9.17) is 39.5 Å². The van der Waals surface area contributed by atoms with E-state index < -0.39 is 5.92 Å². The Labute approximate surface area is 223 Å². The van der Waals surface area contributed by atoms with Gasteiger partial charge in [-0.25, -0.2) is 0 Å². The van der Waals surface area contributed by atoms with Crippen LogP contribution in [0.4, 0.5) is 11.4 Å². The molecule has 0 spiro atoms. The normalized spacial score (nSPS) is 15.0. The molecular weight excluding hydrogens is 525 g/mol. The van der Waals surface area contributed by atoms with E-state index in [1.54, 1.807) is 59.5 Å². The van der Waals surface area contributed by atoms with Crippen molar-refractivity contribution in [1.82, 2.24) is 5.32 Å². The number of rotatable bonds is 8. The number of hydrogen-bond donors (Lipinski definition) is 2. The minimum absolute atomic E-state index is 0.130. The quantitative estimate of drug-likeness (QED) is 0.400. The van der Waals surface area contributed by atoms with Crippen LogP contribution in [0.1, 0.15) is 12.0 Å². The fourth-order valence-corrected chi connectivity index (χ4v) is 4.41. The van der Waals surface area contributed by atoms with E-state index in [2.05, 4.69) is 10.6 Å². The molecule has 1 atom stereocenters. The Balaban J connectivity index is 1.27. The van der Waals surface area contributed by atoms with Crippen LogP contribution in [-0.4, -0.2) is 30.9 Å². The maximum atomic E-state index is 12.6. The molecule has 7 nitrogen and oxygen atoms in total. The van der Waals surface area contributed by atoms with Gasteiger partial charge in [0, 0.05) is 46.0 Å². The van der Waals surface area contributed by atoms with Crippen molar-refractivity contribution in [1.29, 1.82) is 0 Å². The number of nitrogens with zero attached hydrogens (tertiary/aromatic N) is 1. The fourth-order valence-electron chi connectivity index (χ4n) is 3.76. The average Bonchev–Trinajstić information content (AvgIpc) is 3.23. The molecule has 3 amide bonds. The third-order valence-electron chi connectivity index (χ3n) is 5.54. The van der Waals surface area contributed by atoms with Crippen LogP contribution < -0.4 is 20.3 Å². The number of anilines is 2. The van der Waals surface area contributed by atoms with E-state index >= 15 is 0 Å². The van der Waals surface area contributed by atoms with Crippen LogP contribution in [-0.2, 0) is 20.9 Å². The summed E-state index contributed by atoms with van der Waals surface area (Å²) in [5, 5.41) is 6.99. The van der Waals surface area contributed by atoms with Gasteiger partial charge < -0.3 is 20.3 Å². The van der Waals surface area contributed by atoms with E-state index in [-0.39, 0.29) is 37.3 Å². The largest absolute Gasteiger partial charge is 0.484 e. The summed E-state index contributed by atoms with van der Waals surface area (Å²) in [5.74, 6) is -0.659. The Morgan fingerprint density at radius 2 is 1.58 bits per heavy atom. The molecule has 1 fully saturated rings. The molecule has 3 aromatic rings. The number of benzene rings is 3. The molecule has 1 heterocycles. The lowest BCUT2D eigenvalue weighted by molar-refractivity contribution is -0.126. The highest BCUT2D eigenvalue weighted by Crippen LogP contribution is 2.27. The zero-order valence-electron chi connectivity index (χ0n) is 19.0. The molecule has 1 saturated heterocycles. The number of amides is 3. The summed E-state index contributed by atoms with van der Waals surface area (Å²) in [7, 11) is 0. The van der Waals surface area contributed by atoms with Gasteiger partial charge in [-0.15, -0.1) is 0 Å². The van der Waals surface area contributed by atoms with Gasteiger partial charge in [-0.1, -0.05) is 46.9 Å². The van der Waals surface area contributed by atoms with Gasteiger partial charge >= 0.3 is 0 Å². The highest BCUT2D eigenvalue weighted by molar-refractivity contribution is 6.35. The van der Waals surface area contributed by atoms with Gasteiger partial charge in [0.2, 0.25) is 11.8 Å². The van der Waals surface area contributed by atoms with Crippen LogP contribution in [0.3, 0.4) is 0 Å². The zero-order valence-corrected chi connectivity index (χ0v) is 21.2. The van der Waals surface area contributed by atoms with Gasteiger partial charge in [0.05, 0.1) is 5.92 Å². The van der Waals surface area contributed by atoms with E-state index in [9.17, 15) is 14.4 Å². The molecule has 186 valence electrons. The number of ether oxygens (including phenoxy) is 1. The average molecular weight is 547 g/mol. The molecule has 10 heteroatoms. The lowest BCUT2D eigenvalue weighted by Crippen LogP contribution is -2.32. The van der Waals surface area contributed by atoms with Gasteiger partial charge in [-0.05, 0) is 60.2 Å². The molecule has 0 aromatic heterocycles. The zero-order chi connectivity index (χ0) is 25.7. The minimum Gasteiger partial charge on any atom is -0.484 e. The van der Waals surface area contributed by atoms with Crippen molar-refractivity contribution < 1.29 is 19.1 Å². The molecule has 0 saturated carbocycles. The predicted molar refractivity (Wildman–Crippen MR) is 141 cm³/mol. The Bertz CT molecular complexity index is 1250. The number of carbonyl (C=O) groups excluding carboxylic acids is 3. The van der Waals surface area contributed by atoms with Crippen LogP contribution in [0.2, 0.25) is 15.1 Å². The molecule has 3 aromatic carbocycles. The van der Waals surface area contributed by atoms with Crippen molar-refractivity contribution in [2.45, 2.75) is 13.0 Å². The molecular formula is C26H22Cl3N3O4. The smallest absolute Gasteiger partial charge is 0.262 e. The number of carbonyl (C=O) groups is 3. The predicted octanol–water partition coefficient (Wildman–Crippen LogP) is 5.33. The van der Waals surface area contributed by atoms with E-state index in [0.717, 1.165) is 5.56 Å². The standard InChI is InChI=1S/C26H22Cl3N3O4/c27-18-3-1-16(2-4-18)13-30-26(35)17-9-25(34)32(14-17)22-5-7-23(8-6-22)36-15-24(33)31-21-11-19(28)10-20(29)12-21/h1-8,10-12,17H,9,13-15H2,(H,30,35)(H,31,33)/t17-/m0/s1. The monoisotopic (exact) mass is 545 g/mol. The number of hydrogen-bond acceptors (Lipinski definition) is 4.